The number of pyridine rings is 1. The van der Waals surface area contributed by atoms with Gasteiger partial charge in [-0.15, -0.1) is 0 Å². The number of carbonyl (C=O) groups is 1. The van der Waals surface area contributed by atoms with Crippen LogP contribution in [0.15, 0.2) is 48.7 Å². The highest BCUT2D eigenvalue weighted by Gasteiger charge is 2.29. The minimum absolute atomic E-state index is 0.00986. The van der Waals surface area contributed by atoms with E-state index in [1.54, 1.807) is 12.3 Å². The largest absolute Gasteiger partial charge is 0.491 e. The van der Waals surface area contributed by atoms with Crippen molar-refractivity contribution >= 4 is 29.1 Å². The second-order valence-corrected chi connectivity index (χ2v) is 10.9. The van der Waals surface area contributed by atoms with Gasteiger partial charge in [-0.25, -0.2) is 18.9 Å². The van der Waals surface area contributed by atoms with Gasteiger partial charge in [-0.3, -0.25) is 0 Å². The minimum atomic E-state index is -0.831. The topological polar surface area (TPSA) is 98.3 Å². The van der Waals surface area contributed by atoms with Crippen molar-refractivity contribution in [1.29, 1.82) is 0 Å². The molecule has 0 saturated heterocycles. The van der Waals surface area contributed by atoms with Crippen molar-refractivity contribution in [3.05, 3.63) is 81.9 Å². The molecule has 0 aliphatic carbocycles. The number of amides is 2. The predicted octanol–water partition coefficient (Wildman–Crippen LogP) is 6.43. The molecule has 4 aromatic rings. The molecule has 2 aromatic heterocycles. The summed E-state index contributed by atoms with van der Waals surface area (Å²) in [5.74, 6) is 1.29. The number of fused-ring (bicyclic) bond motifs is 1. The number of primary amides is 1. The molecule has 1 aliphatic heterocycles. The summed E-state index contributed by atoms with van der Waals surface area (Å²) in [6, 6.07) is 11.6. The average Bonchev–Trinajstić information content (AvgIpc) is 3.26. The number of para-hydroxylation sites is 1. The molecule has 0 unspecified atom stereocenters. The Morgan fingerprint density at radius 3 is 2.70 bits per heavy atom. The van der Waals surface area contributed by atoms with Crippen LogP contribution in [0.2, 0.25) is 5.02 Å². The number of rotatable bonds is 7. The SMILES string of the molecule is Cc1cc(Cl)cnc1N1CCc2nn(-c3c(C)cccc3OCC(C)C)c(-c3ccc(NC(N)=O)c(F)c3)c2C1. The van der Waals surface area contributed by atoms with Gasteiger partial charge in [-0.1, -0.05) is 43.6 Å². The number of hydrogen-bond acceptors (Lipinski definition) is 5. The summed E-state index contributed by atoms with van der Waals surface area (Å²) in [7, 11) is 0. The van der Waals surface area contributed by atoms with E-state index in [-0.39, 0.29) is 5.69 Å². The zero-order chi connectivity index (χ0) is 28.6. The third-order valence-corrected chi connectivity index (χ3v) is 7.04. The molecule has 3 heterocycles. The Bertz CT molecular complexity index is 1580. The van der Waals surface area contributed by atoms with E-state index in [1.165, 1.54) is 12.1 Å². The molecule has 0 saturated carbocycles. The maximum Gasteiger partial charge on any atom is 0.316 e. The van der Waals surface area contributed by atoms with E-state index >= 15 is 4.39 Å². The van der Waals surface area contributed by atoms with Crippen molar-refractivity contribution in [3.63, 3.8) is 0 Å². The highest BCUT2D eigenvalue weighted by molar-refractivity contribution is 6.30. The number of urea groups is 1. The summed E-state index contributed by atoms with van der Waals surface area (Å²) in [6.45, 7) is 9.98. The normalized spacial score (nSPS) is 12.9. The van der Waals surface area contributed by atoms with Gasteiger partial charge in [0.1, 0.15) is 23.1 Å². The van der Waals surface area contributed by atoms with Crippen LogP contribution in [-0.4, -0.2) is 33.9 Å². The molecule has 0 spiro atoms. The first-order chi connectivity index (χ1) is 19.1. The van der Waals surface area contributed by atoms with E-state index in [4.69, 9.17) is 27.2 Å². The van der Waals surface area contributed by atoms with Gasteiger partial charge in [0.15, 0.2) is 0 Å². The fourth-order valence-electron chi connectivity index (χ4n) is 5.05. The molecule has 1 aliphatic rings. The Morgan fingerprint density at radius 2 is 2.00 bits per heavy atom. The molecule has 40 heavy (non-hydrogen) atoms. The van der Waals surface area contributed by atoms with Gasteiger partial charge in [0.25, 0.3) is 0 Å². The Balaban J connectivity index is 1.68. The standard InChI is InChI=1S/C30H32ClFN6O2/c1-17(2)16-40-26-7-5-6-18(3)27(26)38-28(20-8-9-25(23(32)13-20)35-30(33)39)22-15-37(11-10-24(22)36-38)29-19(4)12-21(31)14-34-29/h5-9,12-14,17H,10-11,15-16H2,1-4H3,(H3,33,35,39). The number of nitrogens with zero attached hydrogens (tertiary/aromatic N) is 4. The minimum Gasteiger partial charge on any atom is -0.491 e. The van der Waals surface area contributed by atoms with Crippen LogP contribution in [0.1, 0.15) is 36.2 Å². The molecular weight excluding hydrogens is 531 g/mol. The molecule has 2 amide bonds. The van der Waals surface area contributed by atoms with E-state index < -0.39 is 11.8 Å². The molecule has 0 atom stereocenters. The lowest BCUT2D eigenvalue weighted by Crippen LogP contribution is -2.31. The van der Waals surface area contributed by atoms with Gasteiger partial charge >= 0.3 is 6.03 Å². The molecule has 208 valence electrons. The molecule has 3 N–H and O–H groups in total. The van der Waals surface area contributed by atoms with Gasteiger partial charge in [-0.05, 0) is 55.2 Å². The number of hydrogen-bond donors (Lipinski definition) is 2. The van der Waals surface area contributed by atoms with Crippen LogP contribution < -0.4 is 20.7 Å². The smallest absolute Gasteiger partial charge is 0.316 e. The van der Waals surface area contributed by atoms with Crippen molar-refractivity contribution < 1.29 is 13.9 Å². The van der Waals surface area contributed by atoms with Gasteiger partial charge in [0, 0.05) is 36.8 Å². The lowest BCUT2D eigenvalue weighted by atomic mass is 9.99. The number of nitrogens with two attached hydrogens (primary N) is 1. The third-order valence-electron chi connectivity index (χ3n) is 6.84. The van der Waals surface area contributed by atoms with Crippen LogP contribution in [-0.2, 0) is 13.0 Å². The predicted molar refractivity (Wildman–Crippen MR) is 156 cm³/mol. The van der Waals surface area contributed by atoms with E-state index in [2.05, 4.69) is 29.0 Å². The van der Waals surface area contributed by atoms with Crippen LogP contribution in [0, 0.1) is 25.6 Å². The average molecular weight is 563 g/mol. The fraction of sp³-hybridized carbons (Fsp3) is 0.300. The number of anilines is 2. The molecule has 10 heteroatoms. The number of aromatic nitrogens is 3. The number of carbonyl (C=O) groups excluding carboxylic acids is 1. The Morgan fingerprint density at radius 1 is 1.20 bits per heavy atom. The molecular formula is C30H32ClFN6O2. The van der Waals surface area contributed by atoms with Gasteiger partial charge in [-0.2, -0.15) is 5.10 Å². The second kappa shape index (κ2) is 11.2. The van der Waals surface area contributed by atoms with Crippen LogP contribution in [0.5, 0.6) is 5.75 Å². The van der Waals surface area contributed by atoms with Crippen molar-refractivity contribution in [3.8, 4) is 22.7 Å². The maximum absolute atomic E-state index is 15.2. The summed E-state index contributed by atoms with van der Waals surface area (Å²) >= 11 is 6.17. The van der Waals surface area contributed by atoms with Crippen LogP contribution >= 0.6 is 11.6 Å². The quantitative estimate of drug-likeness (QED) is 0.270. The van der Waals surface area contributed by atoms with Crippen LogP contribution in [0.4, 0.5) is 20.7 Å². The van der Waals surface area contributed by atoms with E-state index in [0.29, 0.717) is 41.8 Å². The van der Waals surface area contributed by atoms with Crippen LogP contribution in [0.25, 0.3) is 16.9 Å². The van der Waals surface area contributed by atoms with Gasteiger partial charge < -0.3 is 20.7 Å². The molecule has 0 bridgehead atoms. The number of halogens is 2. The summed E-state index contributed by atoms with van der Waals surface area (Å²) in [5.41, 5.74) is 11.2. The first kappa shape index (κ1) is 27.5. The van der Waals surface area contributed by atoms with E-state index in [1.807, 2.05) is 42.8 Å². The number of benzene rings is 2. The fourth-order valence-corrected chi connectivity index (χ4v) is 5.26. The van der Waals surface area contributed by atoms with Crippen molar-refractivity contribution in [2.75, 3.05) is 23.4 Å². The van der Waals surface area contributed by atoms with Gasteiger partial charge in [0.05, 0.1) is 28.7 Å². The lowest BCUT2D eigenvalue weighted by molar-refractivity contribution is 0.259. The summed E-state index contributed by atoms with van der Waals surface area (Å²) in [5, 5.41) is 7.98. The summed E-state index contributed by atoms with van der Waals surface area (Å²) in [6.07, 6.45) is 2.33. The first-order valence-corrected chi connectivity index (χ1v) is 13.6. The Kier molecular flexibility index (Phi) is 7.67. The van der Waals surface area contributed by atoms with Crippen molar-refractivity contribution in [2.24, 2.45) is 11.7 Å². The third kappa shape index (κ3) is 5.47. The maximum atomic E-state index is 15.2. The first-order valence-electron chi connectivity index (χ1n) is 13.2. The van der Waals surface area contributed by atoms with E-state index in [0.717, 1.165) is 46.1 Å². The lowest BCUT2D eigenvalue weighted by Gasteiger charge is -2.29. The van der Waals surface area contributed by atoms with Gasteiger partial charge in [0.2, 0.25) is 0 Å². The number of aryl methyl sites for hydroxylation is 2. The Hall–Kier alpha value is -4.11. The highest BCUT2D eigenvalue weighted by Crippen LogP contribution is 2.38. The zero-order valence-electron chi connectivity index (χ0n) is 23.0. The van der Waals surface area contributed by atoms with Crippen molar-refractivity contribution in [1.82, 2.24) is 14.8 Å². The summed E-state index contributed by atoms with van der Waals surface area (Å²) in [4.78, 5) is 18.2. The highest BCUT2D eigenvalue weighted by atomic mass is 35.5. The van der Waals surface area contributed by atoms with Crippen molar-refractivity contribution in [2.45, 2.75) is 40.7 Å². The molecule has 0 fully saturated rings. The number of nitrogens with one attached hydrogen (secondary N) is 1. The summed E-state index contributed by atoms with van der Waals surface area (Å²) < 4.78 is 23.3. The second-order valence-electron chi connectivity index (χ2n) is 10.5. The molecule has 8 nitrogen and oxygen atoms in total. The molecule has 2 aromatic carbocycles. The Labute approximate surface area is 237 Å². The number of ether oxygens (including phenoxy) is 1. The molecule has 0 radical (unpaired) electrons. The zero-order valence-corrected chi connectivity index (χ0v) is 23.7. The molecule has 5 rings (SSSR count). The monoisotopic (exact) mass is 562 g/mol. The van der Waals surface area contributed by atoms with Crippen LogP contribution in [0.3, 0.4) is 0 Å². The van der Waals surface area contributed by atoms with E-state index in [9.17, 15) is 4.79 Å².